The lowest BCUT2D eigenvalue weighted by molar-refractivity contribution is 0.318. The van der Waals surface area contributed by atoms with Crippen molar-refractivity contribution in [3.05, 3.63) is 17.8 Å². The highest BCUT2D eigenvalue weighted by molar-refractivity contribution is 6.01. The maximum atomic E-state index is 8.75. The first-order chi connectivity index (χ1) is 8.10. The van der Waals surface area contributed by atoms with Gasteiger partial charge in [-0.15, -0.1) is 5.10 Å². The Morgan fingerprint density at radius 1 is 1.59 bits per heavy atom. The molecule has 0 aliphatic rings. The molecule has 1 heterocycles. The van der Waals surface area contributed by atoms with E-state index in [0.717, 1.165) is 13.1 Å². The average Bonchev–Trinajstić information content (AvgIpc) is 2.34. The van der Waals surface area contributed by atoms with Crippen molar-refractivity contribution >= 4 is 11.7 Å². The molecule has 0 radical (unpaired) electrons. The lowest BCUT2D eigenvalue weighted by atomic mass is 10.2. The third kappa shape index (κ3) is 3.30. The second kappa shape index (κ2) is 6.03. The summed E-state index contributed by atoms with van der Waals surface area (Å²) in [5, 5.41) is 19.7. The molecule has 0 aliphatic heterocycles. The summed E-state index contributed by atoms with van der Waals surface area (Å²) in [6.07, 6.45) is 1.53. The highest BCUT2D eigenvalue weighted by Gasteiger charge is 2.15. The largest absolute Gasteiger partial charge is 0.409 e. The molecule has 1 aromatic rings. The average molecular weight is 237 g/mol. The molecular weight excluding hydrogens is 218 g/mol. The Morgan fingerprint density at radius 2 is 2.29 bits per heavy atom. The predicted octanol–water partition coefficient (Wildman–Crippen LogP) is 1.05. The van der Waals surface area contributed by atoms with Gasteiger partial charge in [0.1, 0.15) is 0 Å². The van der Waals surface area contributed by atoms with Gasteiger partial charge < -0.3 is 15.8 Å². The summed E-state index contributed by atoms with van der Waals surface area (Å²) in [5.41, 5.74) is 6.23. The van der Waals surface area contributed by atoms with Gasteiger partial charge in [-0.3, -0.25) is 0 Å². The number of nitrogens with zero attached hydrogens (tertiary/aromatic N) is 4. The highest BCUT2D eigenvalue weighted by atomic mass is 16.4. The summed E-state index contributed by atoms with van der Waals surface area (Å²) in [7, 11) is 0. The van der Waals surface area contributed by atoms with Crippen molar-refractivity contribution in [1.82, 2.24) is 10.2 Å². The van der Waals surface area contributed by atoms with Crippen molar-refractivity contribution in [3.63, 3.8) is 0 Å². The van der Waals surface area contributed by atoms with Crippen molar-refractivity contribution in [2.45, 2.75) is 20.8 Å². The maximum absolute atomic E-state index is 8.75. The topological polar surface area (TPSA) is 87.6 Å². The van der Waals surface area contributed by atoms with Gasteiger partial charge in [0.15, 0.2) is 11.7 Å². The van der Waals surface area contributed by atoms with Crippen LogP contribution in [-0.2, 0) is 0 Å². The van der Waals surface area contributed by atoms with E-state index in [1.165, 1.54) is 6.20 Å². The molecule has 3 N–H and O–H groups in total. The number of aromatic nitrogens is 2. The molecule has 6 heteroatoms. The lowest BCUT2D eigenvalue weighted by Crippen LogP contribution is -2.31. The lowest BCUT2D eigenvalue weighted by Gasteiger charge is -2.25. The van der Waals surface area contributed by atoms with E-state index in [-0.39, 0.29) is 5.84 Å². The van der Waals surface area contributed by atoms with Gasteiger partial charge in [0, 0.05) is 13.1 Å². The van der Waals surface area contributed by atoms with Crippen molar-refractivity contribution in [3.8, 4) is 0 Å². The van der Waals surface area contributed by atoms with E-state index in [0.29, 0.717) is 17.3 Å². The normalized spacial score (nSPS) is 11.9. The Bertz CT molecular complexity index is 391. The SMILES string of the molecule is CCN(CC(C)C)c1nnccc1/C(N)=N/O. The van der Waals surface area contributed by atoms with Gasteiger partial charge in [-0.2, -0.15) is 5.10 Å². The molecule has 0 bridgehead atoms. The van der Waals surface area contributed by atoms with Crippen LogP contribution in [-0.4, -0.2) is 34.3 Å². The first-order valence-electron chi connectivity index (χ1n) is 5.64. The van der Waals surface area contributed by atoms with Gasteiger partial charge in [-0.25, -0.2) is 0 Å². The summed E-state index contributed by atoms with van der Waals surface area (Å²) in [5.74, 6) is 1.20. The number of hydrogen-bond donors (Lipinski definition) is 2. The summed E-state index contributed by atoms with van der Waals surface area (Å²) >= 11 is 0. The molecule has 0 aliphatic carbocycles. The first-order valence-corrected chi connectivity index (χ1v) is 5.64. The number of hydrogen-bond acceptors (Lipinski definition) is 5. The summed E-state index contributed by atoms with van der Waals surface area (Å²) in [6.45, 7) is 7.93. The second-order valence-electron chi connectivity index (χ2n) is 4.19. The van der Waals surface area contributed by atoms with Crippen LogP contribution in [0.15, 0.2) is 17.4 Å². The summed E-state index contributed by atoms with van der Waals surface area (Å²) in [6, 6.07) is 1.69. The smallest absolute Gasteiger partial charge is 0.173 e. The molecule has 94 valence electrons. The Morgan fingerprint density at radius 3 is 2.82 bits per heavy atom. The molecule has 6 nitrogen and oxygen atoms in total. The fourth-order valence-corrected chi connectivity index (χ4v) is 1.62. The van der Waals surface area contributed by atoms with Gasteiger partial charge in [0.25, 0.3) is 0 Å². The van der Waals surface area contributed by atoms with Crippen LogP contribution in [0.25, 0.3) is 0 Å². The van der Waals surface area contributed by atoms with E-state index >= 15 is 0 Å². The molecule has 0 unspecified atom stereocenters. The zero-order valence-corrected chi connectivity index (χ0v) is 10.5. The number of anilines is 1. The Balaban J connectivity index is 3.10. The molecule has 1 rings (SSSR count). The van der Waals surface area contributed by atoms with Gasteiger partial charge >= 0.3 is 0 Å². The van der Waals surface area contributed by atoms with Crippen LogP contribution in [0.4, 0.5) is 5.82 Å². The minimum absolute atomic E-state index is 0.0529. The molecule has 1 aromatic heterocycles. The van der Waals surface area contributed by atoms with Gasteiger partial charge in [-0.1, -0.05) is 19.0 Å². The van der Waals surface area contributed by atoms with Crippen LogP contribution in [0, 0.1) is 5.92 Å². The Labute approximate surface area is 101 Å². The molecule has 0 saturated heterocycles. The standard InChI is InChI=1S/C11H19N5O/c1-4-16(7-8(2)3)11-9(10(12)15-17)5-6-13-14-11/h5-6,8,17H,4,7H2,1-3H3,(H2,12,15). The third-order valence-electron chi connectivity index (χ3n) is 2.35. The number of amidine groups is 1. The second-order valence-corrected chi connectivity index (χ2v) is 4.19. The van der Waals surface area contributed by atoms with Crippen molar-refractivity contribution in [1.29, 1.82) is 0 Å². The zero-order valence-electron chi connectivity index (χ0n) is 10.5. The minimum Gasteiger partial charge on any atom is -0.409 e. The minimum atomic E-state index is 0.0529. The van der Waals surface area contributed by atoms with Crippen molar-refractivity contribution < 1.29 is 5.21 Å². The highest BCUT2D eigenvalue weighted by Crippen LogP contribution is 2.17. The van der Waals surface area contributed by atoms with Crippen LogP contribution in [0.5, 0.6) is 0 Å². The quantitative estimate of drug-likeness (QED) is 0.346. The van der Waals surface area contributed by atoms with Gasteiger partial charge in [0.05, 0.1) is 11.8 Å². The Kier molecular flexibility index (Phi) is 4.68. The van der Waals surface area contributed by atoms with Gasteiger partial charge in [0.2, 0.25) is 0 Å². The molecule has 0 fully saturated rings. The molecule has 0 atom stereocenters. The van der Waals surface area contributed by atoms with E-state index in [9.17, 15) is 0 Å². The zero-order chi connectivity index (χ0) is 12.8. The van der Waals surface area contributed by atoms with Crippen LogP contribution in [0.3, 0.4) is 0 Å². The number of nitrogens with two attached hydrogens (primary N) is 1. The molecular formula is C11H19N5O. The fourth-order valence-electron chi connectivity index (χ4n) is 1.62. The molecule has 0 spiro atoms. The van der Waals surface area contributed by atoms with Crippen LogP contribution in [0.2, 0.25) is 0 Å². The van der Waals surface area contributed by atoms with E-state index in [1.54, 1.807) is 6.07 Å². The van der Waals surface area contributed by atoms with Crippen LogP contribution < -0.4 is 10.6 Å². The van der Waals surface area contributed by atoms with E-state index in [4.69, 9.17) is 10.9 Å². The van der Waals surface area contributed by atoms with E-state index in [2.05, 4.69) is 34.1 Å². The molecule has 0 amide bonds. The Hall–Kier alpha value is -1.85. The van der Waals surface area contributed by atoms with E-state index in [1.807, 2.05) is 6.92 Å². The number of rotatable bonds is 5. The van der Waals surface area contributed by atoms with Crippen molar-refractivity contribution in [2.75, 3.05) is 18.0 Å². The first kappa shape index (κ1) is 13.2. The predicted molar refractivity (Wildman–Crippen MR) is 67.3 cm³/mol. The summed E-state index contributed by atoms with van der Waals surface area (Å²) in [4.78, 5) is 2.06. The van der Waals surface area contributed by atoms with Gasteiger partial charge in [-0.05, 0) is 18.9 Å². The van der Waals surface area contributed by atoms with Crippen molar-refractivity contribution in [2.24, 2.45) is 16.8 Å². The molecule has 17 heavy (non-hydrogen) atoms. The maximum Gasteiger partial charge on any atom is 0.173 e. The van der Waals surface area contributed by atoms with Crippen LogP contribution in [0.1, 0.15) is 26.3 Å². The van der Waals surface area contributed by atoms with Crippen LogP contribution >= 0.6 is 0 Å². The monoisotopic (exact) mass is 237 g/mol. The number of oxime groups is 1. The van der Waals surface area contributed by atoms with E-state index < -0.39 is 0 Å². The molecule has 0 saturated carbocycles. The summed E-state index contributed by atoms with van der Waals surface area (Å²) < 4.78 is 0. The molecule has 0 aromatic carbocycles. The third-order valence-corrected chi connectivity index (χ3v) is 2.35. The fraction of sp³-hybridized carbons (Fsp3) is 0.545.